The minimum atomic E-state index is 0. The Balaban J connectivity index is 0.00000144. The fourth-order valence-electron chi connectivity index (χ4n) is 3.06. The van der Waals surface area contributed by atoms with Gasteiger partial charge < -0.3 is 10.2 Å². The van der Waals surface area contributed by atoms with Gasteiger partial charge in [-0.15, -0.1) is 12.4 Å². The fraction of sp³-hybridized carbons (Fsp3) is 0.923. The number of hydrogen-bond acceptors (Lipinski definition) is 2. The Labute approximate surface area is 111 Å². The van der Waals surface area contributed by atoms with E-state index < -0.39 is 0 Å². The SMILES string of the molecule is CC1(C)C(C(=O)N2CCCNCC2)C1(C)C.Cl. The number of amides is 1. The number of nitrogens with zero attached hydrogens (tertiary/aromatic N) is 1. The number of carbonyl (C=O) groups is 1. The largest absolute Gasteiger partial charge is 0.341 e. The maximum Gasteiger partial charge on any atom is 0.226 e. The van der Waals surface area contributed by atoms with Crippen LogP contribution in [0.5, 0.6) is 0 Å². The van der Waals surface area contributed by atoms with Crippen molar-refractivity contribution in [2.45, 2.75) is 34.1 Å². The van der Waals surface area contributed by atoms with Crippen molar-refractivity contribution in [2.75, 3.05) is 26.2 Å². The normalized spacial score (nSPS) is 26.9. The second kappa shape index (κ2) is 4.77. The lowest BCUT2D eigenvalue weighted by atomic mass is 10.0. The van der Waals surface area contributed by atoms with Gasteiger partial charge in [0.15, 0.2) is 0 Å². The Kier molecular flexibility index (Phi) is 4.15. The van der Waals surface area contributed by atoms with E-state index in [0.717, 1.165) is 32.6 Å². The van der Waals surface area contributed by atoms with E-state index in [4.69, 9.17) is 0 Å². The standard InChI is InChI=1S/C13H24N2O.ClH/c1-12(2)10(13(12,3)4)11(16)15-8-5-6-14-7-9-15;/h10,14H,5-9H2,1-4H3;1H. The zero-order valence-electron chi connectivity index (χ0n) is 11.4. The molecule has 1 aliphatic heterocycles. The molecule has 1 aliphatic carbocycles. The maximum absolute atomic E-state index is 12.4. The van der Waals surface area contributed by atoms with Crippen molar-refractivity contribution in [3.05, 3.63) is 0 Å². The first-order valence-electron chi connectivity index (χ1n) is 6.38. The summed E-state index contributed by atoms with van der Waals surface area (Å²) in [6.07, 6.45) is 1.08. The quantitative estimate of drug-likeness (QED) is 0.781. The van der Waals surface area contributed by atoms with Crippen LogP contribution in [-0.4, -0.2) is 37.0 Å². The molecule has 1 saturated heterocycles. The summed E-state index contributed by atoms with van der Waals surface area (Å²) in [7, 11) is 0. The lowest BCUT2D eigenvalue weighted by Crippen LogP contribution is -2.36. The number of hydrogen-bond donors (Lipinski definition) is 1. The zero-order valence-corrected chi connectivity index (χ0v) is 12.2. The molecule has 1 saturated carbocycles. The molecule has 17 heavy (non-hydrogen) atoms. The highest BCUT2D eigenvalue weighted by atomic mass is 35.5. The monoisotopic (exact) mass is 260 g/mol. The van der Waals surface area contributed by atoms with E-state index in [1.807, 2.05) is 0 Å². The van der Waals surface area contributed by atoms with Gasteiger partial charge >= 0.3 is 0 Å². The minimum Gasteiger partial charge on any atom is -0.341 e. The van der Waals surface area contributed by atoms with Crippen LogP contribution in [0.15, 0.2) is 0 Å². The van der Waals surface area contributed by atoms with E-state index in [9.17, 15) is 4.79 Å². The van der Waals surface area contributed by atoms with E-state index in [1.165, 1.54) is 0 Å². The lowest BCUT2D eigenvalue weighted by Gasteiger charge is -2.21. The number of halogens is 1. The van der Waals surface area contributed by atoms with Crippen LogP contribution >= 0.6 is 12.4 Å². The van der Waals surface area contributed by atoms with Gasteiger partial charge in [-0.25, -0.2) is 0 Å². The van der Waals surface area contributed by atoms with E-state index in [2.05, 4.69) is 37.9 Å². The molecule has 1 N–H and O–H groups in total. The van der Waals surface area contributed by atoms with E-state index in [-0.39, 0.29) is 29.2 Å². The molecule has 3 nitrogen and oxygen atoms in total. The van der Waals surface area contributed by atoms with Crippen LogP contribution in [0, 0.1) is 16.7 Å². The third-order valence-corrected chi connectivity index (χ3v) is 4.92. The van der Waals surface area contributed by atoms with Crippen molar-refractivity contribution in [3.63, 3.8) is 0 Å². The van der Waals surface area contributed by atoms with Crippen LogP contribution < -0.4 is 5.32 Å². The average molecular weight is 261 g/mol. The van der Waals surface area contributed by atoms with Gasteiger partial charge in [0.25, 0.3) is 0 Å². The van der Waals surface area contributed by atoms with Crippen molar-refractivity contribution < 1.29 is 4.79 Å². The third kappa shape index (κ3) is 2.32. The predicted octanol–water partition coefficient (Wildman–Crippen LogP) is 1.91. The Bertz CT molecular complexity index is 280. The Morgan fingerprint density at radius 2 is 1.71 bits per heavy atom. The molecule has 4 heteroatoms. The molecule has 2 rings (SSSR count). The van der Waals surface area contributed by atoms with Gasteiger partial charge in [-0.3, -0.25) is 4.79 Å². The van der Waals surface area contributed by atoms with E-state index in [0.29, 0.717) is 5.91 Å². The smallest absolute Gasteiger partial charge is 0.226 e. The van der Waals surface area contributed by atoms with Crippen LogP contribution in [0.2, 0.25) is 0 Å². The maximum atomic E-state index is 12.4. The van der Waals surface area contributed by atoms with Gasteiger partial charge in [-0.1, -0.05) is 27.7 Å². The summed E-state index contributed by atoms with van der Waals surface area (Å²) in [5.41, 5.74) is 0.341. The molecule has 0 unspecified atom stereocenters. The van der Waals surface area contributed by atoms with Crippen molar-refractivity contribution in [1.29, 1.82) is 0 Å². The second-order valence-electron chi connectivity index (χ2n) is 6.31. The molecule has 0 spiro atoms. The van der Waals surface area contributed by atoms with Crippen molar-refractivity contribution in [1.82, 2.24) is 10.2 Å². The highest BCUT2D eigenvalue weighted by Gasteiger charge is 2.68. The first-order chi connectivity index (χ1) is 7.39. The molecule has 2 aliphatic rings. The Morgan fingerprint density at radius 1 is 1.12 bits per heavy atom. The minimum absolute atomic E-state index is 0. The molecule has 1 heterocycles. The third-order valence-electron chi connectivity index (χ3n) is 4.92. The van der Waals surface area contributed by atoms with Crippen LogP contribution in [0.25, 0.3) is 0 Å². The molecule has 100 valence electrons. The molecule has 0 atom stereocenters. The van der Waals surface area contributed by atoms with Crippen molar-refractivity contribution >= 4 is 18.3 Å². The molecular weight excluding hydrogens is 236 g/mol. The highest BCUT2D eigenvalue weighted by Crippen LogP contribution is 2.68. The summed E-state index contributed by atoms with van der Waals surface area (Å²) in [6.45, 7) is 12.6. The Morgan fingerprint density at radius 3 is 2.24 bits per heavy atom. The topological polar surface area (TPSA) is 32.3 Å². The number of rotatable bonds is 1. The molecule has 0 aromatic rings. The molecular formula is C13H25ClN2O. The van der Waals surface area contributed by atoms with Crippen LogP contribution in [0.1, 0.15) is 34.1 Å². The van der Waals surface area contributed by atoms with Gasteiger partial charge in [0.2, 0.25) is 5.91 Å². The summed E-state index contributed by atoms with van der Waals surface area (Å²) in [5, 5.41) is 3.34. The van der Waals surface area contributed by atoms with Crippen molar-refractivity contribution in [3.8, 4) is 0 Å². The lowest BCUT2D eigenvalue weighted by molar-refractivity contribution is -0.133. The summed E-state index contributed by atoms with van der Waals surface area (Å²) < 4.78 is 0. The predicted molar refractivity (Wildman–Crippen MR) is 72.4 cm³/mol. The van der Waals surface area contributed by atoms with Gasteiger partial charge in [-0.2, -0.15) is 0 Å². The Hall–Kier alpha value is -0.280. The average Bonchev–Trinajstić information content (AvgIpc) is 2.73. The summed E-state index contributed by atoms with van der Waals surface area (Å²) in [4.78, 5) is 14.5. The molecule has 0 radical (unpaired) electrons. The number of nitrogens with one attached hydrogen (secondary N) is 1. The molecule has 0 aromatic heterocycles. The van der Waals surface area contributed by atoms with Gasteiger partial charge in [0, 0.05) is 25.6 Å². The molecule has 2 fully saturated rings. The fourth-order valence-corrected chi connectivity index (χ4v) is 3.06. The zero-order chi connectivity index (χ0) is 12.0. The summed E-state index contributed by atoms with van der Waals surface area (Å²) in [6, 6.07) is 0. The highest BCUT2D eigenvalue weighted by molar-refractivity contribution is 5.85. The van der Waals surface area contributed by atoms with Gasteiger partial charge in [0.05, 0.1) is 0 Å². The summed E-state index contributed by atoms with van der Waals surface area (Å²) in [5.74, 6) is 0.594. The first-order valence-corrected chi connectivity index (χ1v) is 6.38. The summed E-state index contributed by atoms with van der Waals surface area (Å²) >= 11 is 0. The first kappa shape index (κ1) is 14.8. The molecule has 0 aromatic carbocycles. The van der Waals surface area contributed by atoms with E-state index in [1.54, 1.807) is 0 Å². The molecule has 1 amide bonds. The second-order valence-corrected chi connectivity index (χ2v) is 6.31. The van der Waals surface area contributed by atoms with Crippen LogP contribution in [0.4, 0.5) is 0 Å². The van der Waals surface area contributed by atoms with Crippen LogP contribution in [0.3, 0.4) is 0 Å². The van der Waals surface area contributed by atoms with Crippen LogP contribution in [-0.2, 0) is 4.79 Å². The van der Waals surface area contributed by atoms with Gasteiger partial charge in [-0.05, 0) is 23.8 Å². The molecule has 0 bridgehead atoms. The van der Waals surface area contributed by atoms with Gasteiger partial charge in [0.1, 0.15) is 0 Å². The van der Waals surface area contributed by atoms with E-state index >= 15 is 0 Å². The number of carbonyl (C=O) groups excluding carboxylic acids is 1. The van der Waals surface area contributed by atoms with Crippen molar-refractivity contribution in [2.24, 2.45) is 16.7 Å².